The molecular formula is C16H21N5. The van der Waals surface area contributed by atoms with E-state index in [1.165, 1.54) is 37.1 Å². The summed E-state index contributed by atoms with van der Waals surface area (Å²) in [7, 11) is 0. The van der Waals surface area contributed by atoms with Crippen LogP contribution in [0.3, 0.4) is 0 Å². The van der Waals surface area contributed by atoms with Crippen LogP contribution in [-0.4, -0.2) is 26.3 Å². The van der Waals surface area contributed by atoms with Gasteiger partial charge in [0.1, 0.15) is 5.82 Å². The summed E-state index contributed by atoms with van der Waals surface area (Å²) in [6.07, 6.45) is 8.77. The highest BCUT2D eigenvalue weighted by Gasteiger charge is 2.38. The molecule has 4 rings (SSSR count). The van der Waals surface area contributed by atoms with Crippen LogP contribution in [0.1, 0.15) is 55.9 Å². The molecule has 5 nitrogen and oxygen atoms in total. The molecule has 1 saturated carbocycles. The molecule has 1 atom stereocenters. The summed E-state index contributed by atoms with van der Waals surface area (Å²) in [5.74, 6) is 2.24. The van der Waals surface area contributed by atoms with Crippen molar-refractivity contribution in [3.63, 3.8) is 0 Å². The molecule has 0 aromatic carbocycles. The first-order chi connectivity index (χ1) is 10.3. The number of nitrogens with zero attached hydrogens (tertiary/aromatic N) is 4. The Morgan fingerprint density at radius 3 is 2.71 bits per heavy atom. The summed E-state index contributed by atoms with van der Waals surface area (Å²) in [6, 6.07) is 4.24. The Morgan fingerprint density at radius 2 is 1.95 bits per heavy atom. The lowest BCUT2D eigenvalue weighted by atomic mass is 9.87. The molecular weight excluding hydrogens is 262 g/mol. The molecule has 0 saturated heterocycles. The van der Waals surface area contributed by atoms with Crippen LogP contribution < -0.4 is 5.32 Å². The Morgan fingerprint density at radius 1 is 1.19 bits per heavy atom. The third-order valence-corrected chi connectivity index (χ3v) is 5.01. The van der Waals surface area contributed by atoms with E-state index in [0.717, 1.165) is 18.9 Å². The Labute approximate surface area is 124 Å². The molecule has 0 amide bonds. The average Bonchev–Trinajstić information content (AvgIpc) is 3.15. The number of nitrogens with one attached hydrogen (secondary N) is 1. The van der Waals surface area contributed by atoms with Gasteiger partial charge in [-0.05, 0) is 30.5 Å². The SMILES string of the molecule is CC1(c2nnc3n2CCNC3c2ccncc2)CCCC1. The second kappa shape index (κ2) is 4.91. The molecule has 1 N–H and O–H groups in total. The summed E-state index contributed by atoms with van der Waals surface area (Å²) in [4.78, 5) is 4.10. The number of hydrogen-bond acceptors (Lipinski definition) is 4. The minimum atomic E-state index is 0.132. The van der Waals surface area contributed by atoms with Gasteiger partial charge in [-0.25, -0.2) is 0 Å². The molecule has 21 heavy (non-hydrogen) atoms. The van der Waals surface area contributed by atoms with Gasteiger partial charge in [0.25, 0.3) is 0 Å². The first-order valence-electron chi connectivity index (χ1n) is 7.85. The number of pyridine rings is 1. The highest BCUT2D eigenvalue weighted by atomic mass is 15.3. The van der Waals surface area contributed by atoms with Gasteiger partial charge in [-0.3, -0.25) is 4.98 Å². The predicted octanol–water partition coefficient (Wildman–Crippen LogP) is 2.20. The lowest BCUT2D eigenvalue weighted by molar-refractivity contribution is 0.392. The standard InChI is InChI=1S/C16H21N5/c1-16(6-2-3-7-16)15-20-19-14-13(18-10-11-21(14)15)12-4-8-17-9-5-12/h4-5,8-9,13,18H,2-3,6-7,10-11H2,1H3. The summed E-state index contributed by atoms with van der Waals surface area (Å²) in [5.41, 5.74) is 1.42. The van der Waals surface area contributed by atoms with Crippen LogP contribution in [0.15, 0.2) is 24.5 Å². The quantitative estimate of drug-likeness (QED) is 0.918. The number of hydrogen-bond donors (Lipinski definition) is 1. The molecule has 1 aliphatic heterocycles. The maximum absolute atomic E-state index is 4.58. The Kier molecular flexibility index (Phi) is 3.03. The number of rotatable bonds is 2. The first-order valence-corrected chi connectivity index (χ1v) is 7.85. The van der Waals surface area contributed by atoms with Crippen molar-refractivity contribution in [2.45, 2.75) is 50.6 Å². The van der Waals surface area contributed by atoms with Gasteiger partial charge in [0.05, 0.1) is 6.04 Å². The van der Waals surface area contributed by atoms with Crippen molar-refractivity contribution in [1.29, 1.82) is 0 Å². The van der Waals surface area contributed by atoms with E-state index in [1.807, 2.05) is 12.4 Å². The van der Waals surface area contributed by atoms with Crippen LogP contribution >= 0.6 is 0 Å². The van der Waals surface area contributed by atoms with Gasteiger partial charge in [-0.1, -0.05) is 19.8 Å². The van der Waals surface area contributed by atoms with Gasteiger partial charge in [-0.15, -0.1) is 10.2 Å². The maximum atomic E-state index is 4.58. The van der Waals surface area contributed by atoms with E-state index in [4.69, 9.17) is 0 Å². The largest absolute Gasteiger partial charge is 0.312 e. The Bertz CT molecular complexity index is 627. The lowest BCUT2D eigenvalue weighted by Crippen LogP contribution is -2.36. The zero-order chi connectivity index (χ0) is 14.3. The van der Waals surface area contributed by atoms with E-state index >= 15 is 0 Å². The minimum absolute atomic E-state index is 0.132. The van der Waals surface area contributed by atoms with Gasteiger partial charge in [0, 0.05) is 30.9 Å². The third-order valence-electron chi connectivity index (χ3n) is 5.01. The topological polar surface area (TPSA) is 55.6 Å². The highest BCUT2D eigenvalue weighted by molar-refractivity contribution is 5.25. The zero-order valence-electron chi connectivity index (χ0n) is 12.4. The van der Waals surface area contributed by atoms with E-state index in [1.54, 1.807) is 0 Å². The van der Waals surface area contributed by atoms with E-state index in [0.29, 0.717) is 0 Å². The van der Waals surface area contributed by atoms with E-state index in [9.17, 15) is 0 Å². The second-order valence-electron chi connectivity index (χ2n) is 6.47. The van der Waals surface area contributed by atoms with Crippen molar-refractivity contribution >= 4 is 0 Å². The van der Waals surface area contributed by atoms with Crippen molar-refractivity contribution in [3.8, 4) is 0 Å². The van der Waals surface area contributed by atoms with Crippen LogP contribution in [0.4, 0.5) is 0 Å². The van der Waals surface area contributed by atoms with E-state index in [2.05, 4.69) is 44.1 Å². The van der Waals surface area contributed by atoms with Crippen molar-refractivity contribution in [2.75, 3.05) is 6.54 Å². The van der Waals surface area contributed by atoms with Crippen molar-refractivity contribution in [3.05, 3.63) is 41.7 Å². The van der Waals surface area contributed by atoms with E-state index < -0.39 is 0 Å². The summed E-state index contributed by atoms with van der Waals surface area (Å²) in [5, 5.41) is 12.7. The fraction of sp³-hybridized carbons (Fsp3) is 0.562. The third kappa shape index (κ3) is 2.07. The zero-order valence-corrected chi connectivity index (χ0v) is 12.4. The number of fused-ring (bicyclic) bond motifs is 1. The van der Waals surface area contributed by atoms with Crippen molar-refractivity contribution in [2.24, 2.45) is 0 Å². The molecule has 1 unspecified atom stereocenters. The molecule has 0 spiro atoms. The summed E-state index contributed by atoms with van der Waals surface area (Å²) >= 11 is 0. The molecule has 1 fully saturated rings. The summed E-state index contributed by atoms with van der Waals surface area (Å²) < 4.78 is 2.35. The molecule has 2 aromatic rings. The molecule has 0 radical (unpaired) electrons. The second-order valence-corrected chi connectivity index (χ2v) is 6.47. The van der Waals surface area contributed by atoms with Crippen LogP contribution in [0.2, 0.25) is 0 Å². The molecule has 0 bridgehead atoms. The first kappa shape index (κ1) is 13.0. The molecule has 5 heteroatoms. The minimum Gasteiger partial charge on any atom is -0.312 e. The molecule has 110 valence electrons. The van der Waals surface area contributed by atoms with Crippen molar-refractivity contribution in [1.82, 2.24) is 25.1 Å². The van der Waals surface area contributed by atoms with Gasteiger partial charge < -0.3 is 9.88 Å². The Balaban J connectivity index is 1.75. The average molecular weight is 283 g/mol. The fourth-order valence-electron chi connectivity index (χ4n) is 3.81. The predicted molar refractivity (Wildman–Crippen MR) is 79.9 cm³/mol. The smallest absolute Gasteiger partial charge is 0.154 e. The van der Waals surface area contributed by atoms with Crippen LogP contribution in [0, 0.1) is 0 Å². The Hall–Kier alpha value is -1.75. The maximum Gasteiger partial charge on any atom is 0.154 e. The normalized spacial score (nSPS) is 24.0. The van der Waals surface area contributed by atoms with Crippen molar-refractivity contribution < 1.29 is 0 Å². The monoisotopic (exact) mass is 283 g/mol. The van der Waals surface area contributed by atoms with Gasteiger partial charge in [-0.2, -0.15) is 0 Å². The van der Waals surface area contributed by atoms with E-state index in [-0.39, 0.29) is 11.5 Å². The highest BCUT2D eigenvalue weighted by Crippen LogP contribution is 2.40. The number of aromatic nitrogens is 4. The molecule has 3 heterocycles. The van der Waals surface area contributed by atoms with Crippen LogP contribution in [-0.2, 0) is 12.0 Å². The van der Waals surface area contributed by atoms with Gasteiger partial charge >= 0.3 is 0 Å². The fourth-order valence-corrected chi connectivity index (χ4v) is 3.81. The molecule has 2 aromatic heterocycles. The van der Waals surface area contributed by atoms with Gasteiger partial charge in [0.15, 0.2) is 5.82 Å². The van der Waals surface area contributed by atoms with Crippen LogP contribution in [0.5, 0.6) is 0 Å². The van der Waals surface area contributed by atoms with Crippen LogP contribution in [0.25, 0.3) is 0 Å². The molecule has 1 aliphatic carbocycles. The lowest BCUT2D eigenvalue weighted by Gasteiger charge is -2.29. The molecule has 2 aliphatic rings. The summed E-state index contributed by atoms with van der Waals surface area (Å²) in [6.45, 7) is 4.27. The van der Waals surface area contributed by atoms with Gasteiger partial charge in [0.2, 0.25) is 0 Å².